The van der Waals surface area contributed by atoms with Crippen LogP contribution in [0.1, 0.15) is 53.3 Å². The minimum Gasteiger partial charge on any atom is -0.372 e. The molecule has 0 bridgehead atoms. The van der Waals surface area contributed by atoms with E-state index < -0.39 is 0 Å². The van der Waals surface area contributed by atoms with Crippen molar-refractivity contribution >= 4 is 23.2 Å². The molecule has 2 aromatic rings. The van der Waals surface area contributed by atoms with Gasteiger partial charge in [-0.25, -0.2) is 0 Å². The summed E-state index contributed by atoms with van der Waals surface area (Å²) in [6.07, 6.45) is 4.60. The molecular weight excluding hydrogens is 362 g/mol. The van der Waals surface area contributed by atoms with Crippen molar-refractivity contribution in [3.05, 3.63) is 59.7 Å². The van der Waals surface area contributed by atoms with Crippen LogP contribution in [0.3, 0.4) is 0 Å². The van der Waals surface area contributed by atoms with Crippen LogP contribution in [0, 0.1) is 5.92 Å². The second kappa shape index (κ2) is 8.68. The van der Waals surface area contributed by atoms with E-state index in [1.54, 1.807) is 24.3 Å². The van der Waals surface area contributed by atoms with Crippen molar-refractivity contribution in [1.29, 1.82) is 0 Å². The Morgan fingerprint density at radius 1 is 0.828 bits per heavy atom. The van der Waals surface area contributed by atoms with E-state index in [0.29, 0.717) is 17.0 Å². The molecule has 0 radical (unpaired) electrons. The van der Waals surface area contributed by atoms with Crippen molar-refractivity contribution in [3.8, 4) is 0 Å². The van der Waals surface area contributed by atoms with Gasteiger partial charge in [-0.3, -0.25) is 9.59 Å². The van der Waals surface area contributed by atoms with E-state index in [1.165, 1.54) is 18.5 Å². The summed E-state index contributed by atoms with van der Waals surface area (Å²) in [5.74, 6) is 0.584. The van der Waals surface area contributed by atoms with Crippen LogP contribution in [0.15, 0.2) is 48.5 Å². The SMILES string of the molecule is CC1CCN(C(=O)c2ccc(C(=O)Nc3ccc(N4CCCC4)cc3)cc2)CC1. The summed E-state index contributed by atoms with van der Waals surface area (Å²) in [6, 6.07) is 15.0. The first-order valence-corrected chi connectivity index (χ1v) is 10.7. The Morgan fingerprint density at radius 3 is 2.03 bits per heavy atom. The molecule has 0 unspecified atom stereocenters. The molecular formula is C24H29N3O2. The van der Waals surface area contributed by atoms with E-state index in [9.17, 15) is 9.59 Å². The molecule has 0 saturated carbocycles. The standard InChI is InChI=1S/C24H29N3O2/c1-18-12-16-27(17-13-18)24(29)20-6-4-19(5-7-20)23(28)25-21-8-10-22(11-9-21)26-14-2-3-15-26/h4-11,18H,2-3,12-17H2,1H3,(H,25,28). The van der Waals surface area contributed by atoms with Crippen molar-refractivity contribution in [3.63, 3.8) is 0 Å². The smallest absolute Gasteiger partial charge is 0.255 e. The van der Waals surface area contributed by atoms with E-state index >= 15 is 0 Å². The Balaban J connectivity index is 1.36. The van der Waals surface area contributed by atoms with Gasteiger partial charge in [0.25, 0.3) is 11.8 Å². The number of benzene rings is 2. The maximum absolute atomic E-state index is 12.6. The van der Waals surface area contributed by atoms with Gasteiger partial charge in [0.15, 0.2) is 0 Å². The van der Waals surface area contributed by atoms with Gasteiger partial charge in [0.1, 0.15) is 0 Å². The number of piperidine rings is 1. The normalized spacial score (nSPS) is 17.4. The van der Waals surface area contributed by atoms with Crippen molar-refractivity contribution in [2.45, 2.75) is 32.6 Å². The van der Waals surface area contributed by atoms with E-state index in [4.69, 9.17) is 0 Å². The Kier molecular flexibility index (Phi) is 5.84. The molecule has 0 aromatic heterocycles. The summed E-state index contributed by atoms with van der Waals surface area (Å²) in [4.78, 5) is 29.5. The number of anilines is 2. The van der Waals surface area contributed by atoms with Gasteiger partial charge in [-0.2, -0.15) is 0 Å². The van der Waals surface area contributed by atoms with Crippen molar-refractivity contribution in [2.75, 3.05) is 36.4 Å². The topological polar surface area (TPSA) is 52.7 Å². The van der Waals surface area contributed by atoms with Crippen LogP contribution >= 0.6 is 0 Å². The molecule has 4 rings (SSSR count). The zero-order valence-electron chi connectivity index (χ0n) is 17.1. The Labute approximate surface area is 172 Å². The molecule has 2 saturated heterocycles. The lowest BCUT2D eigenvalue weighted by atomic mass is 9.98. The van der Waals surface area contributed by atoms with E-state index in [0.717, 1.165) is 44.7 Å². The molecule has 2 amide bonds. The van der Waals surface area contributed by atoms with Gasteiger partial charge in [0.2, 0.25) is 0 Å². The highest BCUT2D eigenvalue weighted by molar-refractivity contribution is 6.05. The maximum atomic E-state index is 12.6. The first-order chi connectivity index (χ1) is 14.1. The number of carbonyl (C=O) groups is 2. The summed E-state index contributed by atoms with van der Waals surface area (Å²) in [7, 11) is 0. The largest absolute Gasteiger partial charge is 0.372 e. The molecule has 29 heavy (non-hydrogen) atoms. The highest BCUT2D eigenvalue weighted by Crippen LogP contribution is 2.23. The summed E-state index contributed by atoms with van der Waals surface area (Å²) in [5.41, 5.74) is 3.18. The van der Waals surface area contributed by atoms with E-state index in [1.807, 2.05) is 17.0 Å². The van der Waals surface area contributed by atoms with Gasteiger partial charge < -0.3 is 15.1 Å². The molecule has 0 aliphatic carbocycles. The molecule has 2 aliphatic rings. The minimum atomic E-state index is -0.162. The molecule has 152 valence electrons. The number of nitrogens with one attached hydrogen (secondary N) is 1. The average Bonchev–Trinajstić information content (AvgIpc) is 3.29. The van der Waals surface area contributed by atoms with Crippen molar-refractivity contribution < 1.29 is 9.59 Å². The number of likely N-dealkylation sites (tertiary alicyclic amines) is 1. The van der Waals surface area contributed by atoms with Gasteiger partial charge in [0.05, 0.1) is 0 Å². The van der Waals surface area contributed by atoms with Crippen LogP contribution in [-0.4, -0.2) is 42.9 Å². The van der Waals surface area contributed by atoms with Crippen LogP contribution in [0.25, 0.3) is 0 Å². The van der Waals surface area contributed by atoms with Gasteiger partial charge in [-0.15, -0.1) is 0 Å². The predicted molar refractivity (Wildman–Crippen MR) is 117 cm³/mol. The Hall–Kier alpha value is -2.82. The van der Waals surface area contributed by atoms with Crippen LogP contribution in [-0.2, 0) is 0 Å². The fourth-order valence-electron chi connectivity index (χ4n) is 4.09. The third kappa shape index (κ3) is 4.61. The second-order valence-electron chi connectivity index (χ2n) is 8.25. The highest BCUT2D eigenvalue weighted by atomic mass is 16.2. The van der Waals surface area contributed by atoms with Gasteiger partial charge in [-0.1, -0.05) is 6.92 Å². The highest BCUT2D eigenvalue weighted by Gasteiger charge is 2.21. The lowest BCUT2D eigenvalue weighted by Crippen LogP contribution is -2.37. The molecule has 5 nitrogen and oxygen atoms in total. The number of nitrogens with zero attached hydrogens (tertiary/aromatic N) is 2. The molecule has 0 atom stereocenters. The summed E-state index contributed by atoms with van der Waals surface area (Å²) >= 11 is 0. The maximum Gasteiger partial charge on any atom is 0.255 e. The van der Waals surface area contributed by atoms with Crippen LogP contribution < -0.4 is 10.2 Å². The number of hydrogen-bond donors (Lipinski definition) is 1. The summed E-state index contributed by atoms with van der Waals surface area (Å²) < 4.78 is 0. The number of rotatable bonds is 4. The van der Waals surface area contributed by atoms with Crippen molar-refractivity contribution in [2.24, 2.45) is 5.92 Å². The molecule has 2 heterocycles. The zero-order chi connectivity index (χ0) is 20.2. The van der Waals surface area contributed by atoms with Crippen LogP contribution in [0.5, 0.6) is 0 Å². The molecule has 2 aliphatic heterocycles. The van der Waals surface area contributed by atoms with Gasteiger partial charge in [0, 0.05) is 48.7 Å². The first-order valence-electron chi connectivity index (χ1n) is 10.7. The van der Waals surface area contributed by atoms with E-state index in [-0.39, 0.29) is 11.8 Å². The third-order valence-electron chi connectivity index (χ3n) is 6.06. The van der Waals surface area contributed by atoms with Crippen LogP contribution in [0.4, 0.5) is 11.4 Å². The first kappa shape index (κ1) is 19.5. The fourth-order valence-corrected chi connectivity index (χ4v) is 4.09. The number of carbonyl (C=O) groups excluding carboxylic acids is 2. The van der Waals surface area contributed by atoms with Crippen LogP contribution in [0.2, 0.25) is 0 Å². The molecule has 0 spiro atoms. The average molecular weight is 392 g/mol. The molecule has 2 fully saturated rings. The zero-order valence-corrected chi connectivity index (χ0v) is 17.1. The Morgan fingerprint density at radius 2 is 1.41 bits per heavy atom. The predicted octanol–water partition coefficient (Wildman–Crippen LogP) is 4.41. The fraction of sp³-hybridized carbons (Fsp3) is 0.417. The Bertz CT molecular complexity index is 847. The lowest BCUT2D eigenvalue weighted by molar-refractivity contribution is 0.0697. The third-order valence-corrected chi connectivity index (χ3v) is 6.06. The molecule has 1 N–H and O–H groups in total. The quantitative estimate of drug-likeness (QED) is 0.840. The summed E-state index contributed by atoms with van der Waals surface area (Å²) in [5, 5.41) is 2.94. The summed E-state index contributed by atoms with van der Waals surface area (Å²) in [6.45, 7) is 6.07. The van der Waals surface area contributed by atoms with Gasteiger partial charge >= 0.3 is 0 Å². The number of hydrogen-bond acceptors (Lipinski definition) is 3. The second-order valence-corrected chi connectivity index (χ2v) is 8.25. The number of amides is 2. The minimum absolute atomic E-state index is 0.0568. The van der Waals surface area contributed by atoms with E-state index in [2.05, 4.69) is 29.3 Å². The molecule has 5 heteroatoms. The van der Waals surface area contributed by atoms with Gasteiger partial charge in [-0.05, 0) is 80.1 Å². The van der Waals surface area contributed by atoms with Crippen molar-refractivity contribution in [1.82, 2.24) is 4.90 Å². The monoisotopic (exact) mass is 391 g/mol. The lowest BCUT2D eigenvalue weighted by Gasteiger charge is -2.30. The molecule has 2 aromatic carbocycles.